The van der Waals surface area contributed by atoms with Crippen molar-refractivity contribution in [2.45, 2.75) is 27.7 Å². The molecule has 0 saturated carbocycles. The first-order chi connectivity index (χ1) is 6.77. The molecule has 0 aliphatic carbocycles. The van der Waals surface area contributed by atoms with Gasteiger partial charge < -0.3 is 0 Å². The molecular weight excluding hydrogens is 170 g/mol. The second kappa shape index (κ2) is 7.07. The summed E-state index contributed by atoms with van der Waals surface area (Å²) in [5.74, 6) is 0. The second-order valence-corrected chi connectivity index (χ2v) is 2.70. The van der Waals surface area contributed by atoms with Crippen LogP contribution in [0.15, 0.2) is 35.3 Å². The Hall–Kier alpha value is -1.37. The van der Waals surface area contributed by atoms with Crippen molar-refractivity contribution >= 4 is 12.4 Å². The lowest BCUT2D eigenvalue weighted by Crippen LogP contribution is -1.80. The van der Waals surface area contributed by atoms with Gasteiger partial charge in [0.25, 0.3) is 0 Å². The van der Waals surface area contributed by atoms with Crippen molar-refractivity contribution in [2.24, 2.45) is 4.99 Å². The first-order valence-electron chi connectivity index (χ1n) is 4.98. The fraction of sp³-hybridized carbons (Fsp3) is 0.308. The van der Waals surface area contributed by atoms with Crippen LogP contribution in [-0.4, -0.2) is 6.72 Å². The number of nitrogens with zero attached hydrogens (tertiary/aromatic N) is 1. The molecule has 1 aromatic rings. The highest BCUT2D eigenvalue weighted by Crippen LogP contribution is 2.15. The smallest absolute Gasteiger partial charge is 0.0652 e. The van der Waals surface area contributed by atoms with E-state index in [0.717, 1.165) is 11.3 Å². The normalized spacial score (nSPS) is 10.1. The van der Waals surface area contributed by atoms with Crippen molar-refractivity contribution in [3.05, 3.63) is 41.5 Å². The average molecular weight is 189 g/mol. The lowest BCUT2D eigenvalue weighted by Gasteiger charge is -2.00. The van der Waals surface area contributed by atoms with E-state index >= 15 is 0 Å². The molecule has 0 N–H and O–H groups in total. The predicted molar refractivity (Wildman–Crippen MR) is 65.7 cm³/mol. The van der Waals surface area contributed by atoms with Crippen molar-refractivity contribution in [1.82, 2.24) is 0 Å². The number of allylic oxidation sites excluding steroid dienone is 1. The Morgan fingerprint density at radius 3 is 2.07 bits per heavy atom. The summed E-state index contributed by atoms with van der Waals surface area (Å²) in [7, 11) is 0. The van der Waals surface area contributed by atoms with Gasteiger partial charge in [0.05, 0.1) is 5.70 Å². The Morgan fingerprint density at radius 1 is 1.21 bits per heavy atom. The Morgan fingerprint density at radius 2 is 1.71 bits per heavy atom. The molecule has 1 nitrogen and oxygen atoms in total. The van der Waals surface area contributed by atoms with E-state index in [1.165, 1.54) is 5.56 Å². The Kier molecular flexibility index (Phi) is 6.38. The summed E-state index contributed by atoms with van der Waals surface area (Å²) in [6.45, 7) is 11.5. The van der Waals surface area contributed by atoms with Crippen LogP contribution in [0.2, 0.25) is 0 Å². The highest BCUT2D eigenvalue weighted by Gasteiger charge is 1.94. The molecule has 1 heteroatoms. The van der Waals surface area contributed by atoms with Gasteiger partial charge >= 0.3 is 0 Å². The van der Waals surface area contributed by atoms with Gasteiger partial charge in [-0.2, -0.15) is 0 Å². The topological polar surface area (TPSA) is 12.4 Å². The van der Waals surface area contributed by atoms with E-state index in [4.69, 9.17) is 0 Å². The second-order valence-electron chi connectivity index (χ2n) is 2.70. The van der Waals surface area contributed by atoms with Gasteiger partial charge in [0.15, 0.2) is 0 Å². The van der Waals surface area contributed by atoms with Crippen molar-refractivity contribution in [1.29, 1.82) is 0 Å². The van der Waals surface area contributed by atoms with Crippen LogP contribution in [0.1, 0.15) is 31.9 Å². The molecule has 0 radical (unpaired) electrons. The average Bonchev–Trinajstić information content (AvgIpc) is 2.25. The molecule has 1 rings (SSSR count). The molecule has 0 aliphatic heterocycles. The van der Waals surface area contributed by atoms with Crippen molar-refractivity contribution in [3.8, 4) is 0 Å². The first kappa shape index (κ1) is 12.6. The highest BCUT2D eigenvalue weighted by atomic mass is 14.7. The molecule has 0 fully saturated rings. The molecule has 0 atom stereocenters. The number of benzene rings is 1. The highest BCUT2D eigenvalue weighted by molar-refractivity contribution is 5.67. The summed E-state index contributed by atoms with van der Waals surface area (Å²) in [6, 6.07) is 8.26. The molecule has 0 aromatic heterocycles. The zero-order chi connectivity index (χ0) is 11.0. The quantitative estimate of drug-likeness (QED) is 0.621. The minimum absolute atomic E-state index is 0.940. The van der Waals surface area contributed by atoms with Gasteiger partial charge in [-0.3, -0.25) is 4.99 Å². The zero-order valence-corrected chi connectivity index (χ0v) is 9.54. The van der Waals surface area contributed by atoms with Crippen LogP contribution in [-0.2, 0) is 0 Å². The molecule has 0 saturated heterocycles. The van der Waals surface area contributed by atoms with Gasteiger partial charge in [0.1, 0.15) is 0 Å². The third-order valence-corrected chi connectivity index (χ3v) is 1.79. The minimum Gasteiger partial charge on any atom is -0.264 e. The van der Waals surface area contributed by atoms with Crippen molar-refractivity contribution in [2.75, 3.05) is 0 Å². The monoisotopic (exact) mass is 189 g/mol. The van der Waals surface area contributed by atoms with E-state index in [1.54, 1.807) is 0 Å². The third kappa shape index (κ3) is 3.56. The van der Waals surface area contributed by atoms with E-state index in [-0.39, 0.29) is 0 Å². The van der Waals surface area contributed by atoms with Gasteiger partial charge in [-0.15, -0.1) is 0 Å². The maximum Gasteiger partial charge on any atom is 0.0652 e. The van der Waals surface area contributed by atoms with Crippen LogP contribution in [0.3, 0.4) is 0 Å². The maximum absolute atomic E-state index is 3.92. The van der Waals surface area contributed by atoms with E-state index in [0.29, 0.717) is 0 Å². The van der Waals surface area contributed by atoms with Crippen molar-refractivity contribution < 1.29 is 0 Å². The molecule has 0 aliphatic rings. The zero-order valence-electron chi connectivity index (χ0n) is 9.54. The van der Waals surface area contributed by atoms with Crippen molar-refractivity contribution in [3.63, 3.8) is 0 Å². The summed E-state index contributed by atoms with van der Waals surface area (Å²) >= 11 is 0. The number of hydrogen-bond acceptors (Lipinski definition) is 1. The lowest BCUT2D eigenvalue weighted by molar-refractivity contribution is 1.43. The molecule has 76 valence electrons. The summed E-state index contributed by atoms with van der Waals surface area (Å²) in [5, 5.41) is 0. The molecule has 0 amide bonds. The number of hydrogen-bond donors (Lipinski definition) is 0. The molecule has 14 heavy (non-hydrogen) atoms. The predicted octanol–water partition coefficient (Wildman–Crippen LogP) is 4.08. The molecule has 0 unspecified atom stereocenters. The molecule has 0 bridgehead atoms. The van der Waals surface area contributed by atoms with Crippen LogP contribution in [0, 0.1) is 6.92 Å². The lowest BCUT2D eigenvalue weighted by atomic mass is 10.1. The molecule has 0 spiro atoms. The van der Waals surface area contributed by atoms with E-state index in [9.17, 15) is 0 Å². The summed E-state index contributed by atoms with van der Waals surface area (Å²) in [4.78, 5) is 3.92. The van der Waals surface area contributed by atoms with Crippen LogP contribution in [0.5, 0.6) is 0 Å². The van der Waals surface area contributed by atoms with Gasteiger partial charge in [-0.1, -0.05) is 49.8 Å². The third-order valence-electron chi connectivity index (χ3n) is 1.79. The minimum atomic E-state index is 0.940. The molecule has 0 heterocycles. The van der Waals surface area contributed by atoms with Crippen LogP contribution in [0.25, 0.3) is 5.70 Å². The summed E-state index contributed by atoms with van der Waals surface area (Å²) < 4.78 is 0. The van der Waals surface area contributed by atoms with Crippen LogP contribution < -0.4 is 0 Å². The standard InChI is InChI=1S/C11H13N.C2H6/c1-4-11(12-3)10-7-5-9(2)6-8-10;1-2/h4-8H,3H2,1-2H3;1-2H3/b11-4-;. The summed E-state index contributed by atoms with van der Waals surface area (Å²) in [6.07, 6.45) is 1.96. The van der Waals surface area contributed by atoms with Crippen LogP contribution >= 0.6 is 0 Å². The molecular formula is C13H19N. The van der Waals surface area contributed by atoms with Gasteiger partial charge in [0, 0.05) is 0 Å². The Balaban J connectivity index is 0.000000791. The fourth-order valence-corrected chi connectivity index (χ4v) is 1.07. The van der Waals surface area contributed by atoms with E-state index < -0.39 is 0 Å². The molecule has 1 aromatic carbocycles. The number of rotatable bonds is 2. The fourth-order valence-electron chi connectivity index (χ4n) is 1.07. The van der Waals surface area contributed by atoms with Gasteiger partial charge in [-0.05, 0) is 26.1 Å². The SMILES string of the molecule is C=N/C(=C\C)c1ccc(C)cc1.CC. The van der Waals surface area contributed by atoms with E-state index in [2.05, 4.69) is 42.9 Å². The van der Waals surface area contributed by atoms with Gasteiger partial charge in [-0.25, -0.2) is 0 Å². The van der Waals surface area contributed by atoms with Crippen LogP contribution in [0.4, 0.5) is 0 Å². The maximum atomic E-state index is 3.92. The largest absolute Gasteiger partial charge is 0.264 e. The summed E-state index contributed by atoms with van der Waals surface area (Å²) in [5.41, 5.74) is 3.33. The van der Waals surface area contributed by atoms with Gasteiger partial charge in [0.2, 0.25) is 0 Å². The number of aryl methyl sites for hydroxylation is 1. The number of aliphatic imine (C=N–C) groups is 1. The Labute approximate surface area is 87.2 Å². The van der Waals surface area contributed by atoms with E-state index in [1.807, 2.05) is 26.8 Å². The first-order valence-corrected chi connectivity index (χ1v) is 4.98. The Bertz CT molecular complexity index is 294.